The molecule has 5 heteroatoms. The Morgan fingerprint density at radius 3 is 2.67 bits per heavy atom. The zero-order valence-corrected chi connectivity index (χ0v) is 9.37. The first-order valence-electron chi connectivity index (χ1n) is 4.63. The summed E-state index contributed by atoms with van der Waals surface area (Å²) in [5, 5.41) is 9.64. The second kappa shape index (κ2) is 4.74. The first-order chi connectivity index (χ1) is 6.95. The number of rotatable bonds is 4. The molecule has 1 aromatic carbocycles. The maximum atomic E-state index is 11.3. The molecule has 3 N–H and O–H groups in total. The summed E-state index contributed by atoms with van der Waals surface area (Å²) in [7, 11) is -3.22. The Morgan fingerprint density at radius 2 is 2.13 bits per heavy atom. The number of hydrogen-bond donors (Lipinski definition) is 2. The number of sulfone groups is 1. The van der Waals surface area contributed by atoms with Crippen molar-refractivity contribution in [2.24, 2.45) is 5.73 Å². The van der Waals surface area contributed by atoms with E-state index in [9.17, 15) is 13.5 Å². The fourth-order valence-electron chi connectivity index (χ4n) is 1.28. The minimum Gasteiger partial charge on any atom is -0.388 e. The normalized spacial score (nSPS) is 13.8. The Morgan fingerprint density at radius 1 is 1.47 bits per heavy atom. The summed E-state index contributed by atoms with van der Waals surface area (Å²) in [5.41, 5.74) is 5.90. The van der Waals surface area contributed by atoms with Crippen LogP contribution in [0.5, 0.6) is 0 Å². The van der Waals surface area contributed by atoms with Gasteiger partial charge in [-0.3, -0.25) is 0 Å². The molecule has 0 aliphatic carbocycles. The Kier molecular flexibility index (Phi) is 3.84. The summed E-state index contributed by atoms with van der Waals surface area (Å²) in [4.78, 5) is 0.219. The van der Waals surface area contributed by atoms with E-state index in [2.05, 4.69) is 0 Å². The summed E-state index contributed by atoms with van der Waals surface area (Å²) in [6, 6.07) is 6.30. The van der Waals surface area contributed by atoms with Gasteiger partial charge in [-0.05, 0) is 30.7 Å². The lowest BCUT2D eigenvalue weighted by atomic mass is 10.1. The van der Waals surface area contributed by atoms with Gasteiger partial charge in [0.1, 0.15) is 0 Å². The van der Waals surface area contributed by atoms with Crippen molar-refractivity contribution in [2.75, 3.05) is 12.8 Å². The lowest BCUT2D eigenvalue weighted by molar-refractivity contribution is 0.170. The van der Waals surface area contributed by atoms with Gasteiger partial charge < -0.3 is 10.8 Å². The van der Waals surface area contributed by atoms with Crippen molar-refractivity contribution in [1.29, 1.82) is 0 Å². The molecule has 0 aromatic heterocycles. The number of aliphatic hydroxyl groups is 1. The molecular formula is C10H15NO3S. The van der Waals surface area contributed by atoms with Gasteiger partial charge in [-0.2, -0.15) is 0 Å². The van der Waals surface area contributed by atoms with E-state index in [0.717, 1.165) is 6.26 Å². The fourth-order valence-corrected chi connectivity index (χ4v) is 1.95. The topological polar surface area (TPSA) is 80.4 Å². The lowest BCUT2D eigenvalue weighted by Gasteiger charge is -2.10. The van der Waals surface area contributed by atoms with Crippen LogP contribution in [0, 0.1) is 0 Å². The van der Waals surface area contributed by atoms with Crippen LogP contribution in [0.3, 0.4) is 0 Å². The van der Waals surface area contributed by atoms with Crippen LogP contribution in [0.4, 0.5) is 0 Å². The zero-order chi connectivity index (χ0) is 11.5. The van der Waals surface area contributed by atoms with Gasteiger partial charge >= 0.3 is 0 Å². The van der Waals surface area contributed by atoms with Gasteiger partial charge in [0.15, 0.2) is 9.84 Å². The van der Waals surface area contributed by atoms with Gasteiger partial charge in [-0.15, -0.1) is 0 Å². The predicted octanol–water partition coefficient (Wildman–Crippen LogP) is 0.472. The van der Waals surface area contributed by atoms with Crippen molar-refractivity contribution in [1.82, 2.24) is 0 Å². The van der Waals surface area contributed by atoms with Gasteiger partial charge in [0.2, 0.25) is 0 Å². The van der Waals surface area contributed by atoms with Gasteiger partial charge in [0.25, 0.3) is 0 Å². The quantitative estimate of drug-likeness (QED) is 0.786. The van der Waals surface area contributed by atoms with Crippen LogP contribution in [-0.2, 0) is 9.84 Å². The molecule has 0 heterocycles. The standard InChI is InChI=1S/C10H15NO3S/c1-15(13,14)9-4-2-3-8(7-9)10(12)5-6-11/h2-4,7,10,12H,5-6,11H2,1H3/t10-/m1/s1. The molecule has 0 spiro atoms. The third-order valence-corrected chi connectivity index (χ3v) is 3.22. The molecule has 0 saturated carbocycles. The van der Waals surface area contributed by atoms with Crippen LogP contribution in [0.1, 0.15) is 18.1 Å². The summed E-state index contributed by atoms with van der Waals surface area (Å²) in [6.45, 7) is 0.365. The lowest BCUT2D eigenvalue weighted by Crippen LogP contribution is -2.07. The zero-order valence-electron chi connectivity index (χ0n) is 8.55. The van der Waals surface area contributed by atoms with E-state index in [1.54, 1.807) is 12.1 Å². The molecule has 1 rings (SSSR count). The van der Waals surface area contributed by atoms with E-state index >= 15 is 0 Å². The van der Waals surface area contributed by atoms with Crippen LogP contribution in [0.25, 0.3) is 0 Å². The first kappa shape index (κ1) is 12.2. The van der Waals surface area contributed by atoms with Crippen LogP contribution in [0.2, 0.25) is 0 Å². The predicted molar refractivity (Wildman–Crippen MR) is 58.2 cm³/mol. The van der Waals surface area contributed by atoms with Crippen molar-refractivity contribution in [3.63, 3.8) is 0 Å². The van der Waals surface area contributed by atoms with Gasteiger partial charge in [0.05, 0.1) is 11.0 Å². The molecule has 0 radical (unpaired) electrons. The molecule has 0 amide bonds. The molecule has 0 fully saturated rings. The van der Waals surface area contributed by atoms with E-state index in [-0.39, 0.29) is 4.90 Å². The van der Waals surface area contributed by atoms with E-state index in [1.165, 1.54) is 12.1 Å². The largest absolute Gasteiger partial charge is 0.388 e. The molecule has 0 aliphatic heterocycles. The van der Waals surface area contributed by atoms with E-state index in [0.29, 0.717) is 18.5 Å². The average molecular weight is 229 g/mol. The van der Waals surface area contributed by atoms with Crippen molar-refractivity contribution in [3.8, 4) is 0 Å². The molecule has 1 aromatic rings. The highest BCUT2D eigenvalue weighted by Crippen LogP contribution is 2.19. The third kappa shape index (κ3) is 3.30. The van der Waals surface area contributed by atoms with Crippen molar-refractivity contribution < 1.29 is 13.5 Å². The summed E-state index contributed by atoms with van der Waals surface area (Å²) in [6.07, 6.45) is 0.867. The number of aliphatic hydroxyl groups excluding tert-OH is 1. The minimum absolute atomic E-state index is 0.219. The maximum Gasteiger partial charge on any atom is 0.175 e. The maximum absolute atomic E-state index is 11.3. The average Bonchev–Trinajstić information content (AvgIpc) is 2.17. The van der Waals surface area contributed by atoms with E-state index in [4.69, 9.17) is 5.73 Å². The molecular weight excluding hydrogens is 214 g/mol. The highest BCUT2D eigenvalue weighted by atomic mass is 32.2. The number of nitrogens with two attached hydrogens (primary N) is 1. The van der Waals surface area contributed by atoms with Crippen LogP contribution in [0.15, 0.2) is 29.2 Å². The summed E-state index contributed by atoms with van der Waals surface area (Å²) >= 11 is 0. The third-order valence-electron chi connectivity index (χ3n) is 2.11. The summed E-state index contributed by atoms with van der Waals surface area (Å²) < 4.78 is 22.5. The molecule has 0 bridgehead atoms. The van der Waals surface area contributed by atoms with Gasteiger partial charge in [-0.1, -0.05) is 12.1 Å². The number of hydrogen-bond acceptors (Lipinski definition) is 4. The smallest absolute Gasteiger partial charge is 0.175 e. The van der Waals surface area contributed by atoms with Crippen LogP contribution < -0.4 is 5.73 Å². The molecule has 15 heavy (non-hydrogen) atoms. The van der Waals surface area contributed by atoms with Crippen molar-refractivity contribution >= 4 is 9.84 Å². The second-order valence-electron chi connectivity index (χ2n) is 3.44. The molecule has 1 atom stereocenters. The van der Waals surface area contributed by atoms with Gasteiger partial charge in [-0.25, -0.2) is 8.42 Å². The van der Waals surface area contributed by atoms with Crippen LogP contribution >= 0.6 is 0 Å². The fraction of sp³-hybridized carbons (Fsp3) is 0.400. The molecule has 0 aliphatic rings. The SMILES string of the molecule is CS(=O)(=O)c1cccc([C@H](O)CCN)c1. The minimum atomic E-state index is -3.22. The molecule has 0 saturated heterocycles. The Hall–Kier alpha value is -0.910. The Bertz CT molecular complexity index is 428. The highest BCUT2D eigenvalue weighted by Gasteiger charge is 2.11. The summed E-state index contributed by atoms with van der Waals surface area (Å²) in [5.74, 6) is 0. The van der Waals surface area contributed by atoms with Crippen molar-refractivity contribution in [2.45, 2.75) is 17.4 Å². The van der Waals surface area contributed by atoms with E-state index in [1.807, 2.05) is 0 Å². The second-order valence-corrected chi connectivity index (χ2v) is 5.45. The molecule has 4 nitrogen and oxygen atoms in total. The highest BCUT2D eigenvalue weighted by molar-refractivity contribution is 7.90. The Labute approximate surface area is 89.7 Å². The number of benzene rings is 1. The van der Waals surface area contributed by atoms with Gasteiger partial charge in [0, 0.05) is 6.26 Å². The van der Waals surface area contributed by atoms with E-state index < -0.39 is 15.9 Å². The van der Waals surface area contributed by atoms with Crippen molar-refractivity contribution in [3.05, 3.63) is 29.8 Å². The molecule has 0 unspecified atom stereocenters. The Balaban J connectivity index is 3.03. The molecule has 84 valence electrons. The first-order valence-corrected chi connectivity index (χ1v) is 6.52. The van der Waals surface area contributed by atoms with Crippen LogP contribution in [-0.4, -0.2) is 26.3 Å². The monoisotopic (exact) mass is 229 g/mol.